The molecule has 5 heteroatoms. The highest BCUT2D eigenvalue weighted by atomic mass is 19.4. The molecule has 1 rings (SSSR count). The number of rotatable bonds is 5. The Morgan fingerprint density at radius 3 is 2.50 bits per heavy atom. The van der Waals surface area contributed by atoms with Gasteiger partial charge in [-0.2, -0.15) is 13.2 Å². The topological polar surface area (TPSA) is 38.0 Å². The molecular formula is C13H17F3N2. The zero-order chi connectivity index (χ0) is 13.8. The van der Waals surface area contributed by atoms with Crippen LogP contribution in [-0.2, 0) is 6.18 Å². The van der Waals surface area contributed by atoms with E-state index < -0.39 is 17.8 Å². The van der Waals surface area contributed by atoms with Gasteiger partial charge < -0.3 is 0 Å². The number of halogens is 3. The fraction of sp³-hybridized carbons (Fsp3) is 0.385. The van der Waals surface area contributed by atoms with E-state index in [4.69, 9.17) is 5.84 Å². The quantitative estimate of drug-likeness (QED) is 0.481. The van der Waals surface area contributed by atoms with Gasteiger partial charge in [0.15, 0.2) is 0 Å². The summed E-state index contributed by atoms with van der Waals surface area (Å²) in [5.41, 5.74) is 2.79. The number of hydrogen-bond donors (Lipinski definition) is 2. The number of alkyl halides is 3. The summed E-state index contributed by atoms with van der Waals surface area (Å²) in [7, 11) is 0. The summed E-state index contributed by atoms with van der Waals surface area (Å²) < 4.78 is 38.6. The van der Waals surface area contributed by atoms with Crippen LogP contribution in [0.1, 0.15) is 36.9 Å². The van der Waals surface area contributed by atoms with Gasteiger partial charge in [-0.15, -0.1) is 0 Å². The molecule has 3 N–H and O–H groups in total. The third-order valence-corrected chi connectivity index (χ3v) is 2.84. The molecule has 0 aromatic heterocycles. The van der Waals surface area contributed by atoms with Gasteiger partial charge in [0.2, 0.25) is 0 Å². The molecule has 1 unspecified atom stereocenters. The molecule has 2 nitrogen and oxygen atoms in total. The van der Waals surface area contributed by atoms with Crippen molar-refractivity contribution in [3.63, 3.8) is 0 Å². The van der Waals surface area contributed by atoms with Crippen molar-refractivity contribution in [3.05, 3.63) is 47.5 Å². The fourth-order valence-corrected chi connectivity index (χ4v) is 1.75. The highest BCUT2D eigenvalue weighted by Gasteiger charge is 2.34. The molecule has 0 aliphatic heterocycles. The van der Waals surface area contributed by atoms with Crippen molar-refractivity contribution in [2.45, 2.75) is 32.0 Å². The second-order valence-electron chi connectivity index (χ2n) is 4.11. The smallest absolute Gasteiger partial charge is 0.271 e. The summed E-state index contributed by atoms with van der Waals surface area (Å²) in [5.74, 6) is 5.36. The van der Waals surface area contributed by atoms with Crippen LogP contribution in [0.2, 0.25) is 0 Å². The van der Waals surface area contributed by atoms with Gasteiger partial charge in [0.05, 0.1) is 11.6 Å². The number of hydrogen-bond acceptors (Lipinski definition) is 2. The summed E-state index contributed by atoms with van der Waals surface area (Å²) in [6, 6.07) is 4.87. The Labute approximate surface area is 105 Å². The number of nitrogens with two attached hydrogens (primary N) is 1. The predicted octanol–water partition coefficient (Wildman–Crippen LogP) is 3.57. The van der Waals surface area contributed by atoms with Crippen molar-refractivity contribution in [1.82, 2.24) is 5.43 Å². The first-order valence-corrected chi connectivity index (χ1v) is 5.69. The SMILES string of the molecule is C=C(CC)CC(NN)c1ccccc1C(F)(F)F. The standard InChI is InChI=1S/C13H17F3N2/c1-3-9(2)8-12(18-17)10-6-4-5-7-11(10)13(14,15)16/h4-7,12,18H,2-3,8,17H2,1H3. The lowest BCUT2D eigenvalue weighted by Crippen LogP contribution is -2.30. The van der Waals surface area contributed by atoms with E-state index in [9.17, 15) is 13.2 Å². The van der Waals surface area contributed by atoms with E-state index in [0.717, 1.165) is 11.6 Å². The molecule has 0 radical (unpaired) electrons. The van der Waals surface area contributed by atoms with Crippen molar-refractivity contribution in [2.24, 2.45) is 5.84 Å². The molecule has 0 amide bonds. The van der Waals surface area contributed by atoms with E-state index in [2.05, 4.69) is 12.0 Å². The number of hydrazine groups is 1. The largest absolute Gasteiger partial charge is 0.416 e. The van der Waals surface area contributed by atoms with Gasteiger partial charge >= 0.3 is 6.18 Å². The molecule has 0 heterocycles. The van der Waals surface area contributed by atoms with E-state index >= 15 is 0 Å². The molecule has 0 aliphatic rings. The molecule has 1 aromatic carbocycles. The average molecular weight is 258 g/mol. The van der Waals surface area contributed by atoms with Crippen LogP contribution >= 0.6 is 0 Å². The van der Waals surface area contributed by atoms with E-state index in [0.29, 0.717) is 12.8 Å². The van der Waals surface area contributed by atoms with Crippen LogP contribution in [0, 0.1) is 0 Å². The molecule has 0 saturated heterocycles. The maximum atomic E-state index is 12.9. The van der Waals surface area contributed by atoms with Crippen LogP contribution in [0.15, 0.2) is 36.4 Å². The van der Waals surface area contributed by atoms with Gasteiger partial charge in [-0.25, -0.2) is 0 Å². The van der Waals surface area contributed by atoms with Crippen molar-refractivity contribution < 1.29 is 13.2 Å². The second kappa shape index (κ2) is 6.02. The summed E-state index contributed by atoms with van der Waals surface area (Å²) in [4.78, 5) is 0. The van der Waals surface area contributed by atoms with Gasteiger partial charge in [-0.1, -0.05) is 37.3 Å². The molecule has 0 aliphatic carbocycles. The Kier molecular flexibility index (Phi) is 4.93. The number of nitrogens with one attached hydrogen (secondary N) is 1. The van der Waals surface area contributed by atoms with Gasteiger partial charge in [0.25, 0.3) is 0 Å². The first-order valence-electron chi connectivity index (χ1n) is 5.69. The predicted molar refractivity (Wildman–Crippen MR) is 65.6 cm³/mol. The van der Waals surface area contributed by atoms with Crippen molar-refractivity contribution in [3.8, 4) is 0 Å². The van der Waals surface area contributed by atoms with E-state index in [1.165, 1.54) is 12.1 Å². The lowest BCUT2D eigenvalue weighted by Gasteiger charge is -2.21. The monoisotopic (exact) mass is 258 g/mol. The molecule has 0 bridgehead atoms. The van der Waals surface area contributed by atoms with Crippen molar-refractivity contribution in [1.29, 1.82) is 0 Å². The first kappa shape index (κ1) is 14.7. The summed E-state index contributed by atoms with van der Waals surface area (Å²) in [6.45, 7) is 5.71. The lowest BCUT2D eigenvalue weighted by molar-refractivity contribution is -0.138. The lowest BCUT2D eigenvalue weighted by atomic mass is 9.94. The molecule has 18 heavy (non-hydrogen) atoms. The number of benzene rings is 1. The molecular weight excluding hydrogens is 241 g/mol. The Morgan fingerprint density at radius 2 is 2.00 bits per heavy atom. The molecule has 1 atom stereocenters. The van der Waals surface area contributed by atoms with Crippen LogP contribution in [0.4, 0.5) is 13.2 Å². The maximum Gasteiger partial charge on any atom is 0.416 e. The Morgan fingerprint density at radius 1 is 1.39 bits per heavy atom. The van der Waals surface area contributed by atoms with Gasteiger partial charge in [0, 0.05) is 0 Å². The summed E-state index contributed by atoms with van der Waals surface area (Å²) in [6.07, 6.45) is -3.27. The molecule has 0 spiro atoms. The average Bonchev–Trinajstić information content (AvgIpc) is 2.34. The summed E-state index contributed by atoms with van der Waals surface area (Å²) >= 11 is 0. The van der Waals surface area contributed by atoms with Crippen LogP contribution in [0.3, 0.4) is 0 Å². The van der Waals surface area contributed by atoms with Gasteiger partial charge in [-0.05, 0) is 24.5 Å². The second-order valence-corrected chi connectivity index (χ2v) is 4.11. The van der Waals surface area contributed by atoms with Crippen LogP contribution in [0.5, 0.6) is 0 Å². The highest BCUT2D eigenvalue weighted by Crippen LogP contribution is 2.35. The molecule has 1 aromatic rings. The minimum absolute atomic E-state index is 0.155. The van der Waals surface area contributed by atoms with E-state index in [1.54, 1.807) is 6.07 Å². The fourth-order valence-electron chi connectivity index (χ4n) is 1.75. The normalized spacial score (nSPS) is 13.4. The Bertz CT molecular complexity index is 413. The van der Waals surface area contributed by atoms with E-state index in [1.807, 2.05) is 6.92 Å². The zero-order valence-corrected chi connectivity index (χ0v) is 10.2. The third-order valence-electron chi connectivity index (χ3n) is 2.84. The van der Waals surface area contributed by atoms with Crippen molar-refractivity contribution >= 4 is 0 Å². The zero-order valence-electron chi connectivity index (χ0n) is 10.2. The maximum absolute atomic E-state index is 12.9. The Hall–Kier alpha value is -1.33. The summed E-state index contributed by atoms with van der Waals surface area (Å²) in [5, 5.41) is 0. The van der Waals surface area contributed by atoms with E-state index in [-0.39, 0.29) is 5.56 Å². The van der Waals surface area contributed by atoms with Crippen LogP contribution < -0.4 is 11.3 Å². The van der Waals surface area contributed by atoms with Gasteiger partial charge in [-0.3, -0.25) is 11.3 Å². The third kappa shape index (κ3) is 3.58. The minimum Gasteiger partial charge on any atom is -0.271 e. The Balaban J connectivity index is 3.10. The van der Waals surface area contributed by atoms with Crippen LogP contribution in [0.25, 0.3) is 0 Å². The minimum atomic E-state index is -4.38. The molecule has 100 valence electrons. The molecule has 0 saturated carbocycles. The molecule has 0 fully saturated rings. The van der Waals surface area contributed by atoms with Crippen LogP contribution in [-0.4, -0.2) is 0 Å². The highest BCUT2D eigenvalue weighted by molar-refractivity contribution is 5.33. The van der Waals surface area contributed by atoms with Gasteiger partial charge in [0.1, 0.15) is 0 Å². The van der Waals surface area contributed by atoms with Crippen molar-refractivity contribution in [2.75, 3.05) is 0 Å². The first-order chi connectivity index (χ1) is 8.40.